The lowest BCUT2D eigenvalue weighted by Gasteiger charge is -2.07. The molecule has 2 aromatic rings. The van der Waals surface area contributed by atoms with Crippen LogP contribution >= 0.6 is 11.6 Å². The summed E-state index contributed by atoms with van der Waals surface area (Å²) in [4.78, 5) is 0. The van der Waals surface area contributed by atoms with E-state index in [1.165, 1.54) is 5.56 Å². The minimum atomic E-state index is 0.784. The summed E-state index contributed by atoms with van der Waals surface area (Å²) >= 11 is 6.36. The summed E-state index contributed by atoms with van der Waals surface area (Å²) in [5.74, 6) is 0. The number of hydrogen-bond acceptors (Lipinski definition) is 2. The van der Waals surface area contributed by atoms with Crippen LogP contribution in [0.2, 0.25) is 5.02 Å². The Morgan fingerprint density at radius 2 is 2.16 bits per heavy atom. The van der Waals surface area contributed by atoms with Crippen molar-refractivity contribution in [2.75, 3.05) is 6.54 Å². The van der Waals surface area contributed by atoms with Gasteiger partial charge in [0, 0.05) is 35.4 Å². The Labute approximate surface area is 119 Å². The molecule has 1 aromatic heterocycles. The zero-order chi connectivity index (χ0) is 13.7. The molecule has 0 atom stereocenters. The molecule has 0 unspecified atom stereocenters. The highest BCUT2D eigenvalue weighted by atomic mass is 35.5. The van der Waals surface area contributed by atoms with Gasteiger partial charge in [-0.3, -0.25) is 4.68 Å². The van der Waals surface area contributed by atoms with Gasteiger partial charge in [0.25, 0.3) is 0 Å². The fraction of sp³-hybridized carbons (Fsp3) is 0.400. The quantitative estimate of drug-likeness (QED) is 0.816. The molecule has 0 spiro atoms. The van der Waals surface area contributed by atoms with Gasteiger partial charge in [-0.2, -0.15) is 5.10 Å². The molecule has 4 heteroatoms. The molecule has 1 heterocycles. The van der Waals surface area contributed by atoms with Crippen LogP contribution < -0.4 is 5.32 Å². The number of aromatic nitrogens is 2. The molecule has 0 aliphatic carbocycles. The normalized spacial score (nSPS) is 10.9. The fourth-order valence-electron chi connectivity index (χ4n) is 1.99. The van der Waals surface area contributed by atoms with Crippen LogP contribution in [-0.4, -0.2) is 16.3 Å². The van der Waals surface area contributed by atoms with Gasteiger partial charge in [0.15, 0.2) is 0 Å². The first-order valence-corrected chi connectivity index (χ1v) is 7.14. The maximum atomic E-state index is 6.36. The van der Waals surface area contributed by atoms with E-state index >= 15 is 0 Å². The van der Waals surface area contributed by atoms with Crippen molar-refractivity contribution in [3.05, 3.63) is 41.2 Å². The summed E-state index contributed by atoms with van der Waals surface area (Å²) in [6.07, 6.45) is 5.03. The van der Waals surface area contributed by atoms with Crippen molar-refractivity contribution in [1.82, 2.24) is 15.1 Å². The SMILES string of the molecule is CCCNCc1ccc(-c2cnn(CC)c2)c(Cl)c1. The predicted octanol–water partition coefficient (Wildman–Crippen LogP) is 3.72. The smallest absolute Gasteiger partial charge is 0.0568 e. The van der Waals surface area contributed by atoms with Crippen LogP contribution in [0.4, 0.5) is 0 Å². The van der Waals surface area contributed by atoms with Gasteiger partial charge >= 0.3 is 0 Å². The summed E-state index contributed by atoms with van der Waals surface area (Å²) in [5.41, 5.74) is 3.32. The maximum absolute atomic E-state index is 6.36. The van der Waals surface area contributed by atoms with Crippen LogP contribution in [0.3, 0.4) is 0 Å². The van der Waals surface area contributed by atoms with E-state index in [2.05, 4.69) is 36.4 Å². The topological polar surface area (TPSA) is 29.9 Å². The Kier molecular flexibility index (Phi) is 5.00. The van der Waals surface area contributed by atoms with Gasteiger partial charge < -0.3 is 5.32 Å². The second kappa shape index (κ2) is 6.73. The van der Waals surface area contributed by atoms with E-state index in [1.54, 1.807) is 0 Å². The first-order chi connectivity index (χ1) is 9.24. The third-order valence-corrected chi connectivity index (χ3v) is 3.37. The van der Waals surface area contributed by atoms with Crippen molar-refractivity contribution in [3.8, 4) is 11.1 Å². The van der Waals surface area contributed by atoms with Crippen LogP contribution in [-0.2, 0) is 13.1 Å². The van der Waals surface area contributed by atoms with Gasteiger partial charge in [0.1, 0.15) is 0 Å². The largest absolute Gasteiger partial charge is 0.313 e. The first kappa shape index (κ1) is 14.1. The second-order valence-corrected chi connectivity index (χ2v) is 4.98. The van der Waals surface area contributed by atoms with E-state index < -0.39 is 0 Å². The number of nitrogens with one attached hydrogen (secondary N) is 1. The summed E-state index contributed by atoms with van der Waals surface area (Å²) in [6.45, 7) is 7.00. The molecule has 0 saturated carbocycles. The molecule has 0 aliphatic heterocycles. The number of benzene rings is 1. The monoisotopic (exact) mass is 277 g/mol. The summed E-state index contributed by atoms with van der Waals surface area (Å²) < 4.78 is 1.91. The number of aryl methyl sites for hydroxylation is 1. The van der Waals surface area contributed by atoms with Gasteiger partial charge in [-0.25, -0.2) is 0 Å². The summed E-state index contributed by atoms with van der Waals surface area (Å²) in [7, 11) is 0. The lowest BCUT2D eigenvalue weighted by molar-refractivity contribution is 0.660. The molecule has 0 amide bonds. The standard InChI is InChI=1S/C15H20ClN3/c1-3-7-17-9-12-5-6-14(15(16)8-12)13-10-18-19(4-2)11-13/h5-6,8,10-11,17H,3-4,7,9H2,1-2H3. The van der Waals surface area contributed by atoms with E-state index in [9.17, 15) is 0 Å². The Morgan fingerprint density at radius 3 is 2.79 bits per heavy atom. The van der Waals surface area contributed by atoms with Crippen LogP contribution in [0.15, 0.2) is 30.6 Å². The summed E-state index contributed by atoms with van der Waals surface area (Å²) in [5, 5.41) is 8.44. The Hall–Kier alpha value is -1.32. The molecule has 0 saturated heterocycles. The highest BCUT2D eigenvalue weighted by molar-refractivity contribution is 6.33. The fourth-order valence-corrected chi connectivity index (χ4v) is 2.30. The van der Waals surface area contributed by atoms with Crippen molar-refractivity contribution in [2.24, 2.45) is 0 Å². The highest BCUT2D eigenvalue weighted by Crippen LogP contribution is 2.28. The van der Waals surface area contributed by atoms with Crippen molar-refractivity contribution < 1.29 is 0 Å². The number of halogens is 1. The van der Waals surface area contributed by atoms with Crippen molar-refractivity contribution in [3.63, 3.8) is 0 Å². The zero-order valence-electron chi connectivity index (χ0n) is 11.5. The summed E-state index contributed by atoms with van der Waals surface area (Å²) in [6, 6.07) is 6.22. The molecule has 1 aromatic carbocycles. The van der Waals surface area contributed by atoms with E-state index in [0.717, 1.165) is 42.2 Å². The van der Waals surface area contributed by atoms with E-state index in [1.807, 2.05) is 23.1 Å². The molecule has 2 rings (SSSR count). The van der Waals surface area contributed by atoms with Gasteiger partial charge in [0.2, 0.25) is 0 Å². The lowest BCUT2D eigenvalue weighted by atomic mass is 10.1. The number of hydrogen-bond donors (Lipinski definition) is 1. The third kappa shape index (κ3) is 3.58. The predicted molar refractivity (Wildman–Crippen MR) is 80.3 cm³/mol. The average molecular weight is 278 g/mol. The van der Waals surface area contributed by atoms with Gasteiger partial charge in [-0.15, -0.1) is 0 Å². The molecule has 0 bridgehead atoms. The van der Waals surface area contributed by atoms with Crippen LogP contribution in [0, 0.1) is 0 Å². The van der Waals surface area contributed by atoms with E-state index in [0.29, 0.717) is 0 Å². The zero-order valence-corrected chi connectivity index (χ0v) is 12.2. The maximum Gasteiger partial charge on any atom is 0.0568 e. The first-order valence-electron chi connectivity index (χ1n) is 6.76. The number of nitrogens with zero attached hydrogens (tertiary/aromatic N) is 2. The molecule has 19 heavy (non-hydrogen) atoms. The number of rotatable bonds is 6. The molecular weight excluding hydrogens is 258 g/mol. The minimum Gasteiger partial charge on any atom is -0.313 e. The molecule has 0 radical (unpaired) electrons. The third-order valence-electron chi connectivity index (χ3n) is 3.06. The second-order valence-electron chi connectivity index (χ2n) is 4.58. The minimum absolute atomic E-state index is 0.784. The van der Waals surface area contributed by atoms with Crippen molar-refractivity contribution in [2.45, 2.75) is 33.4 Å². The van der Waals surface area contributed by atoms with Crippen LogP contribution in [0.5, 0.6) is 0 Å². The van der Waals surface area contributed by atoms with Gasteiger partial charge in [0.05, 0.1) is 6.20 Å². The van der Waals surface area contributed by atoms with E-state index in [4.69, 9.17) is 11.6 Å². The van der Waals surface area contributed by atoms with Crippen LogP contribution in [0.25, 0.3) is 11.1 Å². The molecule has 0 fully saturated rings. The average Bonchev–Trinajstić information content (AvgIpc) is 2.88. The lowest BCUT2D eigenvalue weighted by Crippen LogP contribution is -2.13. The van der Waals surface area contributed by atoms with Crippen molar-refractivity contribution in [1.29, 1.82) is 0 Å². The molecular formula is C15H20ClN3. The molecule has 3 nitrogen and oxygen atoms in total. The van der Waals surface area contributed by atoms with Crippen LogP contribution in [0.1, 0.15) is 25.8 Å². The molecule has 0 aliphatic rings. The van der Waals surface area contributed by atoms with E-state index in [-0.39, 0.29) is 0 Å². The van der Waals surface area contributed by atoms with Crippen molar-refractivity contribution >= 4 is 11.6 Å². The van der Waals surface area contributed by atoms with Gasteiger partial charge in [-0.1, -0.05) is 30.7 Å². The van der Waals surface area contributed by atoms with Gasteiger partial charge in [-0.05, 0) is 31.5 Å². The molecule has 1 N–H and O–H groups in total. The Balaban J connectivity index is 2.14. The highest BCUT2D eigenvalue weighted by Gasteiger charge is 2.06. The molecule has 102 valence electrons. The Morgan fingerprint density at radius 1 is 1.32 bits per heavy atom. The Bertz CT molecular complexity index is 534.